The fourth-order valence-corrected chi connectivity index (χ4v) is 3.18. The standard InChI is InChI=1S/C10H14F3N5OS/c11-10(12,13)7-5-8(17-9(16-7)18-14)15-6-1-3-20(19)4-2-6/h5-6H,1-4,14H2,(H2,15,16,17,18). The van der Waals surface area contributed by atoms with Crippen molar-refractivity contribution >= 4 is 22.6 Å². The quantitative estimate of drug-likeness (QED) is 0.572. The first-order valence-corrected chi connectivity index (χ1v) is 7.41. The Morgan fingerprint density at radius 2 is 1.95 bits per heavy atom. The highest BCUT2D eigenvalue weighted by molar-refractivity contribution is 7.85. The Balaban J connectivity index is 2.16. The number of nitrogens with zero attached hydrogens (tertiary/aromatic N) is 2. The zero-order chi connectivity index (χ0) is 14.8. The number of hydrogen-bond donors (Lipinski definition) is 3. The molecule has 0 radical (unpaired) electrons. The second kappa shape index (κ2) is 5.92. The van der Waals surface area contributed by atoms with Gasteiger partial charge in [0.05, 0.1) is 0 Å². The third-order valence-corrected chi connectivity index (χ3v) is 4.27. The van der Waals surface area contributed by atoms with E-state index in [0.717, 1.165) is 6.07 Å². The number of rotatable bonds is 3. The van der Waals surface area contributed by atoms with Crippen molar-refractivity contribution in [1.29, 1.82) is 0 Å². The summed E-state index contributed by atoms with van der Waals surface area (Å²) >= 11 is 0. The van der Waals surface area contributed by atoms with Crippen LogP contribution in [-0.2, 0) is 17.0 Å². The lowest BCUT2D eigenvalue weighted by Crippen LogP contribution is -2.30. The van der Waals surface area contributed by atoms with E-state index in [1.165, 1.54) is 0 Å². The average molecular weight is 309 g/mol. The number of halogens is 3. The Morgan fingerprint density at radius 1 is 1.30 bits per heavy atom. The number of nitrogens with two attached hydrogens (primary N) is 1. The molecule has 1 aliphatic heterocycles. The highest BCUT2D eigenvalue weighted by Gasteiger charge is 2.34. The summed E-state index contributed by atoms with van der Waals surface area (Å²) in [6.45, 7) is 0. The number of nitrogens with one attached hydrogen (secondary N) is 2. The van der Waals surface area contributed by atoms with E-state index >= 15 is 0 Å². The molecule has 0 atom stereocenters. The van der Waals surface area contributed by atoms with Crippen LogP contribution in [0.4, 0.5) is 24.9 Å². The Hall–Kier alpha value is -1.42. The van der Waals surface area contributed by atoms with Gasteiger partial charge in [-0.15, -0.1) is 0 Å². The zero-order valence-corrected chi connectivity index (χ0v) is 11.2. The van der Waals surface area contributed by atoms with Crippen molar-refractivity contribution in [1.82, 2.24) is 9.97 Å². The molecule has 6 nitrogen and oxygen atoms in total. The molecular formula is C10H14F3N5OS. The summed E-state index contributed by atoms with van der Waals surface area (Å²) in [6.07, 6.45) is -3.31. The molecule has 0 saturated carbocycles. The largest absolute Gasteiger partial charge is 0.433 e. The number of nitrogen functional groups attached to an aromatic ring is 1. The lowest BCUT2D eigenvalue weighted by Gasteiger charge is -2.23. The molecule has 1 fully saturated rings. The van der Waals surface area contributed by atoms with Gasteiger partial charge in [-0.3, -0.25) is 9.63 Å². The Bertz CT molecular complexity index is 500. The molecule has 1 aromatic rings. The summed E-state index contributed by atoms with van der Waals surface area (Å²) in [5, 5.41) is 2.91. The monoisotopic (exact) mass is 309 g/mol. The molecule has 2 rings (SSSR count). The number of anilines is 2. The zero-order valence-electron chi connectivity index (χ0n) is 10.4. The van der Waals surface area contributed by atoms with Gasteiger partial charge >= 0.3 is 6.18 Å². The van der Waals surface area contributed by atoms with E-state index in [0.29, 0.717) is 24.3 Å². The van der Waals surface area contributed by atoms with Gasteiger partial charge in [0.15, 0.2) is 5.69 Å². The van der Waals surface area contributed by atoms with Crippen LogP contribution in [0.3, 0.4) is 0 Å². The maximum atomic E-state index is 12.7. The van der Waals surface area contributed by atoms with Crippen LogP contribution in [-0.4, -0.2) is 31.7 Å². The minimum absolute atomic E-state index is 0.0469. The van der Waals surface area contributed by atoms with Gasteiger partial charge in [-0.05, 0) is 12.8 Å². The molecule has 1 saturated heterocycles. The van der Waals surface area contributed by atoms with Gasteiger partial charge in [-0.2, -0.15) is 18.2 Å². The Labute approximate surface area is 115 Å². The lowest BCUT2D eigenvalue weighted by atomic mass is 10.1. The van der Waals surface area contributed by atoms with Crippen LogP contribution in [0.15, 0.2) is 6.07 Å². The molecule has 1 aliphatic rings. The van der Waals surface area contributed by atoms with E-state index in [-0.39, 0.29) is 17.8 Å². The SMILES string of the molecule is NNc1nc(NC2CCS(=O)CC2)cc(C(F)(F)F)n1. The summed E-state index contributed by atoms with van der Waals surface area (Å²) in [5.41, 5.74) is 0.946. The first-order chi connectivity index (χ1) is 9.38. The number of hydrogen-bond acceptors (Lipinski definition) is 6. The Morgan fingerprint density at radius 3 is 2.50 bits per heavy atom. The maximum Gasteiger partial charge on any atom is 0.433 e. The first-order valence-electron chi connectivity index (χ1n) is 5.93. The van der Waals surface area contributed by atoms with Crippen LogP contribution in [0.1, 0.15) is 18.5 Å². The van der Waals surface area contributed by atoms with Crippen molar-refractivity contribution in [3.63, 3.8) is 0 Å². The Kier molecular flexibility index (Phi) is 4.43. The average Bonchev–Trinajstić information content (AvgIpc) is 2.40. The first kappa shape index (κ1) is 15.0. The molecule has 112 valence electrons. The van der Waals surface area contributed by atoms with Gasteiger partial charge in [0, 0.05) is 34.4 Å². The van der Waals surface area contributed by atoms with Crippen molar-refractivity contribution in [3.05, 3.63) is 11.8 Å². The van der Waals surface area contributed by atoms with E-state index in [9.17, 15) is 17.4 Å². The lowest BCUT2D eigenvalue weighted by molar-refractivity contribution is -0.141. The van der Waals surface area contributed by atoms with Crippen LogP contribution in [0, 0.1) is 0 Å². The molecule has 1 aromatic heterocycles. The second-order valence-electron chi connectivity index (χ2n) is 4.37. The van der Waals surface area contributed by atoms with Crippen LogP contribution in [0.2, 0.25) is 0 Å². The summed E-state index contributed by atoms with van der Waals surface area (Å²) in [4.78, 5) is 7.11. The van der Waals surface area contributed by atoms with Gasteiger partial charge in [0.1, 0.15) is 5.82 Å². The highest BCUT2D eigenvalue weighted by Crippen LogP contribution is 2.30. The molecule has 0 spiro atoms. The van der Waals surface area contributed by atoms with Gasteiger partial charge in [-0.25, -0.2) is 10.8 Å². The summed E-state index contributed by atoms with van der Waals surface area (Å²) in [5.74, 6) is 5.90. The predicted octanol–water partition coefficient (Wildman–Crippen LogP) is 1.10. The van der Waals surface area contributed by atoms with Crippen LogP contribution >= 0.6 is 0 Å². The van der Waals surface area contributed by atoms with Crippen molar-refractivity contribution in [2.75, 3.05) is 22.2 Å². The molecular weight excluding hydrogens is 295 g/mol. The maximum absolute atomic E-state index is 12.7. The molecule has 0 aliphatic carbocycles. The van der Waals surface area contributed by atoms with E-state index < -0.39 is 22.7 Å². The number of hydrazine groups is 1. The van der Waals surface area contributed by atoms with Gasteiger partial charge < -0.3 is 5.32 Å². The fraction of sp³-hybridized carbons (Fsp3) is 0.600. The molecule has 2 heterocycles. The van der Waals surface area contributed by atoms with Gasteiger partial charge in [0.25, 0.3) is 0 Å². The van der Waals surface area contributed by atoms with Gasteiger partial charge in [0.2, 0.25) is 5.95 Å². The minimum atomic E-state index is -4.57. The molecule has 0 aromatic carbocycles. The van der Waals surface area contributed by atoms with E-state index in [2.05, 4.69) is 15.3 Å². The molecule has 0 bridgehead atoms. The summed E-state index contributed by atoms with van der Waals surface area (Å²) in [6, 6.07) is 0.793. The highest BCUT2D eigenvalue weighted by atomic mass is 32.2. The third-order valence-electron chi connectivity index (χ3n) is 2.89. The van der Waals surface area contributed by atoms with Crippen molar-refractivity contribution in [2.45, 2.75) is 25.1 Å². The molecule has 4 N–H and O–H groups in total. The van der Waals surface area contributed by atoms with Crippen LogP contribution in [0.25, 0.3) is 0 Å². The van der Waals surface area contributed by atoms with E-state index in [4.69, 9.17) is 5.84 Å². The predicted molar refractivity (Wildman–Crippen MR) is 69.4 cm³/mol. The second-order valence-corrected chi connectivity index (χ2v) is 6.07. The minimum Gasteiger partial charge on any atom is -0.367 e. The molecule has 20 heavy (non-hydrogen) atoms. The molecule has 10 heteroatoms. The third kappa shape index (κ3) is 3.79. The van der Waals surface area contributed by atoms with Crippen molar-refractivity contribution < 1.29 is 17.4 Å². The van der Waals surface area contributed by atoms with E-state index in [1.807, 2.05) is 5.43 Å². The van der Waals surface area contributed by atoms with Gasteiger partial charge in [-0.1, -0.05) is 0 Å². The summed E-state index contributed by atoms with van der Waals surface area (Å²) < 4.78 is 49.3. The topological polar surface area (TPSA) is 92.9 Å². The summed E-state index contributed by atoms with van der Waals surface area (Å²) in [7, 11) is -0.828. The van der Waals surface area contributed by atoms with E-state index in [1.54, 1.807) is 0 Å². The number of aromatic nitrogens is 2. The fourth-order valence-electron chi connectivity index (χ4n) is 1.88. The smallest absolute Gasteiger partial charge is 0.367 e. The molecule has 0 amide bonds. The van der Waals surface area contributed by atoms with Crippen molar-refractivity contribution in [2.24, 2.45) is 5.84 Å². The number of alkyl halides is 3. The van der Waals surface area contributed by atoms with Crippen LogP contribution in [0.5, 0.6) is 0 Å². The van der Waals surface area contributed by atoms with Crippen molar-refractivity contribution in [3.8, 4) is 0 Å². The van der Waals surface area contributed by atoms with Crippen LogP contribution < -0.4 is 16.6 Å². The normalized spacial score (nSPS) is 23.4. The molecule has 0 unspecified atom stereocenters.